The van der Waals surface area contributed by atoms with Crippen molar-refractivity contribution >= 4 is 11.8 Å². The van der Waals surface area contributed by atoms with E-state index in [4.69, 9.17) is 0 Å². The summed E-state index contributed by atoms with van der Waals surface area (Å²) in [6.45, 7) is 14.2. The van der Waals surface area contributed by atoms with Gasteiger partial charge in [-0.1, -0.05) is 27.7 Å². The van der Waals surface area contributed by atoms with E-state index >= 15 is 0 Å². The van der Waals surface area contributed by atoms with Crippen molar-refractivity contribution in [2.75, 3.05) is 13.1 Å². The predicted octanol–water partition coefficient (Wildman–Crippen LogP) is 2.77. The smallest absolute Gasteiger partial charge is 0.226 e. The zero-order valence-corrected chi connectivity index (χ0v) is 15.0. The second-order valence-electron chi connectivity index (χ2n) is 7.65. The number of likely N-dealkylation sites (tertiary alicyclic amines) is 2. The van der Waals surface area contributed by atoms with E-state index in [1.54, 1.807) is 0 Å². The summed E-state index contributed by atoms with van der Waals surface area (Å²) in [5.74, 6) is 0.949. The molecule has 2 heterocycles. The highest BCUT2D eigenvalue weighted by Crippen LogP contribution is 2.30. The molecule has 0 aromatic carbocycles. The molecule has 126 valence electrons. The summed E-state index contributed by atoms with van der Waals surface area (Å²) >= 11 is 0. The normalized spacial score (nSPS) is 34.8. The van der Waals surface area contributed by atoms with Crippen molar-refractivity contribution in [2.45, 2.75) is 66.5 Å². The van der Waals surface area contributed by atoms with Gasteiger partial charge in [0.25, 0.3) is 0 Å². The van der Waals surface area contributed by atoms with Crippen molar-refractivity contribution in [1.29, 1.82) is 0 Å². The Morgan fingerprint density at radius 2 is 1.09 bits per heavy atom. The minimum atomic E-state index is -0.233. The summed E-state index contributed by atoms with van der Waals surface area (Å²) in [6, 6.07) is 0.589. The lowest BCUT2D eigenvalue weighted by Crippen LogP contribution is -2.46. The van der Waals surface area contributed by atoms with Crippen LogP contribution in [0.5, 0.6) is 0 Å². The van der Waals surface area contributed by atoms with Gasteiger partial charge in [0.15, 0.2) is 0 Å². The van der Waals surface area contributed by atoms with Crippen LogP contribution in [0.2, 0.25) is 0 Å². The SMILES string of the molecule is C[C@@H]1CCN(C(=O)[C@H](C)[C@H](C)C(=O)N2CC[C@H](C)[C@H]2C)[C@@H]1C. The lowest BCUT2D eigenvalue weighted by Gasteiger charge is -2.32. The maximum Gasteiger partial charge on any atom is 0.226 e. The number of hydrogen-bond donors (Lipinski definition) is 0. The summed E-state index contributed by atoms with van der Waals surface area (Å²) in [6.07, 6.45) is 2.14. The van der Waals surface area contributed by atoms with E-state index in [0.717, 1.165) is 25.9 Å². The van der Waals surface area contributed by atoms with E-state index < -0.39 is 0 Å². The molecule has 22 heavy (non-hydrogen) atoms. The van der Waals surface area contributed by atoms with Crippen molar-refractivity contribution < 1.29 is 9.59 Å². The average Bonchev–Trinajstić information content (AvgIpc) is 3.00. The fourth-order valence-electron chi connectivity index (χ4n) is 3.76. The number of carbonyl (C=O) groups excluding carboxylic acids is 2. The summed E-state index contributed by atoms with van der Waals surface area (Å²) in [5.41, 5.74) is 0. The Morgan fingerprint density at radius 1 is 0.773 bits per heavy atom. The molecule has 2 aliphatic heterocycles. The minimum absolute atomic E-state index is 0.151. The quantitative estimate of drug-likeness (QED) is 0.804. The molecule has 0 N–H and O–H groups in total. The van der Waals surface area contributed by atoms with Gasteiger partial charge in [-0.05, 0) is 38.5 Å². The Hall–Kier alpha value is -1.06. The molecule has 0 unspecified atom stereocenters. The van der Waals surface area contributed by atoms with Crippen LogP contribution in [0.15, 0.2) is 0 Å². The minimum Gasteiger partial charge on any atom is -0.339 e. The molecule has 4 nitrogen and oxygen atoms in total. The molecular formula is C18H32N2O2. The van der Waals surface area contributed by atoms with Crippen LogP contribution in [-0.2, 0) is 9.59 Å². The standard InChI is InChI=1S/C18H32N2O2/c1-11-7-9-19(15(11)5)17(21)13(3)14(4)18(22)20-10-8-12(2)16(20)6/h11-16H,7-10H2,1-6H3/t11-,12+,13-,14+,15-,16-/m1/s1. The van der Waals surface area contributed by atoms with Crippen LogP contribution in [0.1, 0.15) is 54.4 Å². The van der Waals surface area contributed by atoms with Gasteiger partial charge in [-0.15, -0.1) is 0 Å². The van der Waals surface area contributed by atoms with E-state index in [1.807, 2.05) is 23.6 Å². The number of nitrogens with zero attached hydrogens (tertiary/aromatic N) is 2. The van der Waals surface area contributed by atoms with Crippen LogP contribution in [-0.4, -0.2) is 46.8 Å². The first-order chi connectivity index (χ1) is 10.3. The van der Waals surface area contributed by atoms with Crippen molar-refractivity contribution in [1.82, 2.24) is 9.80 Å². The van der Waals surface area contributed by atoms with E-state index in [0.29, 0.717) is 23.9 Å². The van der Waals surface area contributed by atoms with Crippen LogP contribution in [0.4, 0.5) is 0 Å². The van der Waals surface area contributed by atoms with Gasteiger partial charge in [0.2, 0.25) is 11.8 Å². The molecule has 0 aliphatic carbocycles. The van der Waals surface area contributed by atoms with Crippen LogP contribution >= 0.6 is 0 Å². The molecule has 0 bridgehead atoms. The van der Waals surface area contributed by atoms with Gasteiger partial charge in [-0.2, -0.15) is 0 Å². The zero-order chi connectivity index (χ0) is 16.6. The largest absolute Gasteiger partial charge is 0.339 e. The third kappa shape index (κ3) is 3.02. The van der Waals surface area contributed by atoms with Crippen LogP contribution in [0.25, 0.3) is 0 Å². The van der Waals surface area contributed by atoms with Crippen LogP contribution in [0, 0.1) is 23.7 Å². The fourth-order valence-corrected chi connectivity index (χ4v) is 3.76. The van der Waals surface area contributed by atoms with E-state index in [9.17, 15) is 9.59 Å². The second-order valence-corrected chi connectivity index (χ2v) is 7.65. The summed E-state index contributed by atoms with van der Waals surface area (Å²) in [4.78, 5) is 29.5. The molecule has 0 radical (unpaired) electrons. The van der Waals surface area contributed by atoms with Gasteiger partial charge >= 0.3 is 0 Å². The molecule has 0 saturated carbocycles. The lowest BCUT2D eigenvalue weighted by atomic mass is 9.92. The average molecular weight is 308 g/mol. The van der Waals surface area contributed by atoms with Crippen LogP contribution < -0.4 is 0 Å². The van der Waals surface area contributed by atoms with Crippen molar-refractivity contribution in [3.8, 4) is 0 Å². The monoisotopic (exact) mass is 308 g/mol. The van der Waals surface area contributed by atoms with E-state index in [1.165, 1.54) is 0 Å². The second kappa shape index (κ2) is 6.59. The maximum atomic E-state index is 12.8. The molecular weight excluding hydrogens is 276 g/mol. The Kier molecular flexibility index (Phi) is 5.18. The molecule has 0 aromatic rings. The highest BCUT2D eigenvalue weighted by Gasteiger charge is 2.39. The Morgan fingerprint density at radius 3 is 1.32 bits per heavy atom. The zero-order valence-electron chi connectivity index (χ0n) is 15.0. The van der Waals surface area contributed by atoms with Crippen molar-refractivity contribution in [3.05, 3.63) is 0 Å². The predicted molar refractivity (Wildman–Crippen MR) is 88.2 cm³/mol. The number of amides is 2. The molecule has 6 atom stereocenters. The van der Waals surface area contributed by atoms with Gasteiger partial charge < -0.3 is 9.80 Å². The summed E-state index contributed by atoms with van der Waals surface area (Å²) in [5, 5.41) is 0. The fraction of sp³-hybridized carbons (Fsp3) is 0.889. The first-order valence-corrected chi connectivity index (χ1v) is 8.86. The van der Waals surface area contributed by atoms with E-state index in [2.05, 4.69) is 27.7 Å². The highest BCUT2D eigenvalue weighted by molar-refractivity contribution is 5.87. The summed E-state index contributed by atoms with van der Waals surface area (Å²) < 4.78 is 0. The molecule has 2 aliphatic rings. The van der Waals surface area contributed by atoms with Crippen molar-refractivity contribution in [2.24, 2.45) is 23.7 Å². The Balaban J connectivity index is 2.01. The first-order valence-electron chi connectivity index (χ1n) is 8.86. The third-order valence-electron chi connectivity index (χ3n) is 6.38. The van der Waals surface area contributed by atoms with E-state index in [-0.39, 0.29) is 23.7 Å². The first kappa shape index (κ1) is 17.3. The molecule has 2 saturated heterocycles. The summed E-state index contributed by atoms with van der Waals surface area (Å²) in [7, 11) is 0. The van der Waals surface area contributed by atoms with Gasteiger partial charge in [0.1, 0.15) is 0 Å². The van der Waals surface area contributed by atoms with Crippen molar-refractivity contribution in [3.63, 3.8) is 0 Å². The van der Waals surface area contributed by atoms with Gasteiger partial charge in [-0.25, -0.2) is 0 Å². The molecule has 0 spiro atoms. The number of hydrogen-bond acceptors (Lipinski definition) is 2. The molecule has 4 heteroatoms. The maximum absolute atomic E-state index is 12.8. The number of rotatable bonds is 3. The Bertz CT molecular complexity index is 397. The van der Waals surface area contributed by atoms with Gasteiger partial charge in [0.05, 0.1) is 0 Å². The van der Waals surface area contributed by atoms with Gasteiger partial charge in [0, 0.05) is 37.0 Å². The molecule has 2 rings (SSSR count). The third-order valence-corrected chi connectivity index (χ3v) is 6.38. The molecule has 2 fully saturated rings. The Labute approximate surface area is 135 Å². The topological polar surface area (TPSA) is 40.6 Å². The number of carbonyl (C=O) groups is 2. The van der Waals surface area contributed by atoms with Crippen LogP contribution in [0.3, 0.4) is 0 Å². The molecule has 2 amide bonds. The highest BCUT2D eigenvalue weighted by atomic mass is 16.2. The molecule has 0 aromatic heterocycles. The van der Waals surface area contributed by atoms with Gasteiger partial charge in [-0.3, -0.25) is 9.59 Å². The lowest BCUT2D eigenvalue weighted by molar-refractivity contribution is -0.146.